The number of carbonyl (C=O) groups is 2. The quantitative estimate of drug-likeness (QED) is 0.623. The Morgan fingerprint density at radius 1 is 1.13 bits per heavy atom. The van der Waals surface area contributed by atoms with Gasteiger partial charge in [-0.3, -0.25) is 14.5 Å². The van der Waals surface area contributed by atoms with E-state index < -0.39 is 5.54 Å². The number of hydrogen-bond donors (Lipinski definition) is 1. The van der Waals surface area contributed by atoms with Crippen LogP contribution in [0, 0.1) is 6.92 Å². The van der Waals surface area contributed by atoms with Gasteiger partial charge in [0, 0.05) is 27.7 Å². The maximum Gasteiger partial charge on any atom is 0.275 e. The molecule has 0 bridgehead atoms. The van der Waals surface area contributed by atoms with Crippen molar-refractivity contribution in [2.45, 2.75) is 57.7 Å². The predicted molar refractivity (Wildman–Crippen MR) is 124 cm³/mol. The molecular weight excluding hydrogens is 410 g/mol. The summed E-state index contributed by atoms with van der Waals surface area (Å²) in [6.45, 7) is 4.19. The third-order valence-corrected chi connectivity index (χ3v) is 7.02. The minimum Gasteiger partial charge on any atom is -0.351 e. The Morgan fingerprint density at radius 3 is 2.65 bits per heavy atom. The lowest BCUT2D eigenvalue weighted by Gasteiger charge is -2.45. The van der Waals surface area contributed by atoms with E-state index in [-0.39, 0.29) is 17.9 Å². The maximum absolute atomic E-state index is 13.9. The summed E-state index contributed by atoms with van der Waals surface area (Å²) >= 11 is 6.31. The number of fused-ring (bicyclic) bond motifs is 3. The highest BCUT2D eigenvalue weighted by Crippen LogP contribution is 2.38. The number of halogens is 1. The first-order valence-electron chi connectivity index (χ1n) is 10.9. The summed E-state index contributed by atoms with van der Waals surface area (Å²) in [6, 6.07) is 15.5. The molecule has 1 aliphatic carbocycles. The Kier molecular flexibility index (Phi) is 4.82. The number of para-hydroxylation sites is 1. The van der Waals surface area contributed by atoms with E-state index in [1.54, 1.807) is 11.0 Å². The van der Waals surface area contributed by atoms with Crippen LogP contribution in [0.4, 0.5) is 5.69 Å². The first kappa shape index (κ1) is 20.1. The first-order chi connectivity index (χ1) is 14.9. The fourth-order valence-electron chi connectivity index (χ4n) is 5.06. The number of amides is 2. The molecule has 5 rings (SSSR count). The van der Waals surface area contributed by atoms with Crippen LogP contribution in [-0.2, 0) is 11.3 Å². The molecule has 1 atom stereocenters. The lowest BCUT2D eigenvalue weighted by molar-refractivity contribution is -0.127. The molecule has 1 aromatic heterocycles. The molecule has 0 saturated heterocycles. The summed E-state index contributed by atoms with van der Waals surface area (Å²) in [5.41, 5.74) is 2.06. The molecule has 5 nitrogen and oxygen atoms in total. The van der Waals surface area contributed by atoms with Gasteiger partial charge in [0.1, 0.15) is 11.2 Å². The van der Waals surface area contributed by atoms with Crippen molar-refractivity contribution in [3.05, 3.63) is 64.8 Å². The summed E-state index contributed by atoms with van der Waals surface area (Å²) in [4.78, 5) is 29.3. The number of rotatable bonds is 3. The van der Waals surface area contributed by atoms with E-state index >= 15 is 0 Å². The zero-order chi connectivity index (χ0) is 21.8. The van der Waals surface area contributed by atoms with Crippen molar-refractivity contribution in [1.82, 2.24) is 9.88 Å². The van der Waals surface area contributed by atoms with Gasteiger partial charge in [-0.25, -0.2) is 0 Å². The van der Waals surface area contributed by atoms with Crippen molar-refractivity contribution in [2.75, 3.05) is 4.90 Å². The largest absolute Gasteiger partial charge is 0.351 e. The topological polar surface area (TPSA) is 54.3 Å². The zero-order valence-electron chi connectivity index (χ0n) is 17.8. The van der Waals surface area contributed by atoms with Crippen molar-refractivity contribution >= 4 is 40.0 Å². The van der Waals surface area contributed by atoms with Crippen LogP contribution in [0.15, 0.2) is 48.5 Å². The van der Waals surface area contributed by atoms with Crippen molar-refractivity contribution in [1.29, 1.82) is 0 Å². The van der Waals surface area contributed by atoms with Crippen molar-refractivity contribution in [3.8, 4) is 0 Å². The molecule has 2 aromatic carbocycles. The van der Waals surface area contributed by atoms with Gasteiger partial charge in [-0.05, 0) is 56.5 Å². The third-order valence-electron chi connectivity index (χ3n) is 6.78. The lowest BCUT2D eigenvalue weighted by Crippen LogP contribution is -2.65. The predicted octanol–water partition coefficient (Wildman–Crippen LogP) is 5.08. The Balaban J connectivity index is 1.67. The molecule has 31 heavy (non-hydrogen) atoms. The second kappa shape index (κ2) is 7.41. The summed E-state index contributed by atoms with van der Waals surface area (Å²) in [5, 5.41) is 4.77. The Morgan fingerprint density at radius 2 is 1.87 bits per heavy atom. The molecule has 6 heteroatoms. The zero-order valence-corrected chi connectivity index (χ0v) is 18.6. The summed E-state index contributed by atoms with van der Waals surface area (Å²) in [7, 11) is 0. The number of hydrogen-bond acceptors (Lipinski definition) is 2. The molecule has 1 unspecified atom stereocenters. The minimum absolute atomic E-state index is 0.115. The summed E-state index contributed by atoms with van der Waals surface area (Å²) in [5.74, 6) is -0.299. The smallest absolute Gasteiger partial charge is 0.275 e. The molecule has 1 aliphatic heterocycles. The Bertz CT molecular complexity index is 1190. The van der Waals surface area contributed by atoms with E-state index in [0.717, 1.165) is 42.1 Å². The molecule has 2 heterocycles. The van der Waals surface area contributed by atoms with E-state index in [1.807, 2.05) is 60.9 Å². The van der Waals surface area contributed by atoms with Crippen LogP contribution in [0.5, 0.6) is 0 Å². The molecule has 3 aromatic rings. The highest BCUT2D eigenvalue weighted by molar-refractivity contribution is 6.31. The Labute approximate surface area is 187 Å². The van der Waals surface area contributed by atoms with Gasteiger partial charge in [0.15, 0.2) is 0 Å². The monoisotopic (exact) mass is 435 g/mol. The number of nitrogens with one attached hydrogen (secondary N) is 1. The van der Waals surface area contributed by atoms with Crippen molar-refractivity contribution < 1.29 is 9.59 Å². The van der Waals surface area contributed by atoms with Crippen LogP contribution in [0.1, 0.15) is 48.7 Å². The molecule has 1 N–H and O–H groups in total. The molecule has 0 radical (unpaired) electrons. The van der Waals surface area contributed by atoms with E-state index in [9.17, 15) is 9.59 Å². The molecule has 1 fully saturated rings. The van der Waals surface area contributed by atoms with E-state index in [4.69, 9.17) is 11.6 Å². The average molecular weight is 436 g/mol. The van der Waals surface area contributed by atoms with Gasteiger partial charge in [0.25, 0.3) is 5.91 Å². The number of nitrogens with zero attached hydrogens (tertiary/aromatic N) is 2. The fourth-order valence-corrected chi connectivity index (χ4v) is 5.22. The highest BCUT2D eigenvalue weighted by atomic mass is 35.5. The van der Waals surface area contributed by atoms with Crippen LogP contribution < -0.4 is 10.2 Å². The number of aryl methyl sites for hydroxylation is 1. The third kappa shape index (κ3) is 3.23. The molecule has 160 valence electrons. The SMILES string of the molecule is Cc1ccc(Cl)cc1N1C(=O)c2cc3ccccc3n2CC1(C)C(=O)NC1CCCC1. The standard InChI is InChI=1S/C25H26ClN3O2/c1-16-11-12-18(26)14-21(16)29-23(30)22-13-17-7-3-6-10-20(17)28(22)15-25(29,2)24(31)27-19-8-4-5-9-19/h3,6-7,10-14,19H,4-5,8-9,15H2,1-2H3,(H,27,31). The Hall–Kier alpha value is -2.79. The van der Waals surface area contributed by atoms with Crippen molar-refractivity contribution in [3.63, 3.8) is 0 Å². The number of carbonyl (C=O) groups excluding carboxylic acids is 2. The van der Waals surface area contributed by atoms with Crippen LogP contribution in [0.25, 0.3) is 10.9 Å². The minimum atomic E-state index is -1.08. The van der Waals surface area contributed by atoms with Gasteiger partial charge >= 0.3 is 0 Å². The van der Waals surface area contributed by atoms with Gasteiger partial charge in [0.05, 0.1) is 6.54 Å². The molecule has 1 saturated carbocycles. The summed E-state index contributed by atoms with van der Waals surface area (Å²) in [6.07, 6.45) is 4.24. The second-order valence-corrected chi connectivity index (χ2v) is 9.41. The van der Waals surface area contributed by atoms with Gasteiger partial charge < -0.3 is 9.88 Å². The number of benzene rings is 2. The van der Waals surface area contributed by atoms with Gasteiger partial charge in [-0.1, -0.05) is 48.7 Å². The van der Waals surface area contributed by atoms with Crippen LogP contribution >= 0.6 is 11.6 Å². The van der Waals surface area contributed by atoms with Gasteiger partial charge in [0.2, 0.25) is 5.91 Å². The molecule has 2 aliphatic rings. The van der Waals surface area contributed by atoms with Gasteiger partial charge in [-0.2, -0.15) is 0 Å². The summed E-state index contributed by atoms with van der Waals surface area (Å²) < 4.78 is 1.99. The van der Waals surface area contributed by atoms with E-state index in [2.05, 4.69) is 5.32 Å². The number of aromatic nitrogens is 1. The molecular formula is C25H26ClN3O2. The number of anilines is 1. The lowest BCUT2D eigenvalue weighted by atomic mass is 9.92. The van der Waals surface area contributed by atoms with Gasteiger partial charge in [-0.15, -0.1) is 0 Å². The fraction of sp³-hybridized carbons (Fsp3) is 0.360. The van der Waals surface area contributed by atoms with Crippen molar-refractivity contribution in [2.24, 2.45) is 0 Å². The first-order valence-corrected chi connectivity index (χ1v) is 11.3. The van der Waals surface area contributed by atoms with Crippen LogP contribution in [-0.4, -0.2) is 28.0 Å². The average Bonchev–Trinajstić information content (AvgIpc) is 3.38. The normalized spacial score (nSPS) is 21.5. The second-order valence-electron chi connectivity index (χ2n) is 8.97. The van der Waals surface area contributed by atoms with E-state index in [0.29, 0.717) is 22.9 Å². The highest BCUT2D eigenvalue weighted by Gasteiger charge is 2.49. The maximum atomic E-state index is 13.9. The van der Waals surface area contributed by atoms with E-state index in [1.165, 1.54) is 0 Å². The molecule has 2 amide bonds. The van der Waals surface area contributed by atoms with Crippen LogP contribution in [0.2, 0.25) is 5.02 Å². The molecule has 0 spiro atoms. The van der Waals surface area contributed by atoms with Crippen LogP contribution in [0.3, 0.4) is 0 Å².